The van der Waals surface area contributed by atoms with Crippen LogP contribution in [0, 0.1) is 5.92 Å². The Morgan fingerprint density at radius 1 is 1.32 bits per heavy atom. The molecule has 0 radical (unpaired) electrons. The summed E-state index contributed by atoms with van der Waals surface area (Å²) in [6.07, 6.45) is 4.53. The Morgan fingerprint density at radius 3 is 3.00 bits per heavy atom. The van der Waals surface area contributed by atoms with E-state index in [1.165, 1.54) is 5.69 Å². The van der Waals surface area contributed by atoms with Gasteiger partial charge in [-0.05, 0) is 18.9 Å². The molecule has 0 fully saturated rings. The second-order valence-electron chi connectivity index (χ2n) is 6.90. The summed E-state index contributed by atoms with van der Waals surface area (Å²) >= 11 is 0. The highest BCUT2D eigenvalue weighted by atomic mass is 16.5. The lowest BCUT2D eigenvalue weighted by molar-refractivity contribution is 0.341. The molecule has 0 saturated carbocycles. The summed E-state index contributed by atoms with van der Waals surface area (Å²) < 4.78 is 9.56. The van der Waals surface area contributed by atoms with Gasteiger partial charge >= 0.3 is 0 Å². The SMILES string of the molecule is CC(C)Cc1noc([C@@H](C)n2ccnc2-c2cc3n(n2)CCNC3)n1. The van der Waals surface area contributed by atoms with Crippen molar-refractivity contribution in [3.8, 4) is 11.5 Å². The van der Waals surface area contributed by atoms with Crippen LogP contribution in [0.5, 0.6) is 0 Å². The smallest absolute Gasteiger partial charge is 0.249 e. The van der Waals surface area contributed by atoms with Gasteiger partial charge in [0, 0.05) is 31.9 Å². The van der Waals surface area contributed by atoms with Crippen molar-refractivity contribution in [2.45, 2.75) is 46.3 Å². The molecule has 4 rings (SSSR count). The summed E-state index contributed by atoms with van der Waals surface area (Å²) in [6.45, 7) is 8.99. The van der Waals surface area contributed by atoms with E-state index >= 15 is 0 Å². The molecule has 8 heteroatoms. The number of fused-ring (bicyclic) bond motifs is 1. The molecule has 3 aromatic rings. The van der Waals surface area contributed by atoms with Gasteiger partial charge in [-0.15, -0.1) is 0 Å². The molecule has 0 aliphatic carbocycles. The van der Waals surface area contributed by atoms with Crippen molar-refractivity contribution < 1.29 is 4.52 Å². The highest BCUT2D eigenvalue weighted by molar-refractivity contribution is 5.51. The Balaban J connectivity index is 1.62. The van der Waals surface area contributed by atoms with Crippen LogP contribution in [0.4, 0.5) is 0 Å². The third kappa shape index (κ3) is 3.09. The summed E-state index contributed by atoms with van der Waals surface area (Å²) in [5.41, 5.74) is 2.05. The Bertz CT molecular complexity index is 837. The summed E-state index contributed by atoms with van der Waals surface area (Å²) in [6, 6.07) is 2.00. The molecule has 1 N–H and O–H groups in total. The van der Waals surface area contributed by atoms with Gasteiger partial charge in [0.05, 0.1) is 12.2 Å². The maximum absolute atomic E-state index is 5.48. The fraction of sp³-hybridized carbons (Fsp3) is 0.529. The largest absolute Gasteiger partial charge is 0.337 e. The van der Waals surface area contributed by atoms with Crippen LogP contribution in [0.2, 0.25) is 0 Å². The van der Waals surface area contributed by atoms with E-state index in [4.69, 9.17) is 9.62 Å². The molecule has 0 bridgehead atoms. The number of hydrogen-bond donors (Lipinski definition) is 1. The van der Waals surface area contributed by atoms with Gasteiger partial charge in [0.1, 0.15) is 11.7 Å². The average Bonchev–Trinajstić information content (AvgIpc) is 3.31. The molecular formula is C17H23N7O. The molecule has 0 amide bonds. The van der Waals surface area contributed by atoms with E-state index in [-0.39, 0.29) is 6.04 Å². The van der Waals surface area contributed by atoms with E-state index in [9.17, 15) is 0 Å². The van der Waals surface area contributed by atoms with Crippen LogP contribution in [0.1, 0.15) is 44.2 Å². The summed E-state index contributed by atoms with van der Waals surface area (Å²) in [5, 5.41) is 12.2. The molecule has 0 aromatic carbocycles. The minimum absolute atomic E-state index is 0.0947. The zero-order chi connectivity index (χ0) is 17.4. The van der Waals surface area contributed by atoms with Crippen LogP contribution in [0.3, 0.4) is 0 Å². The van der Waals surface area contributed by atoms with Crippen molar-refractivity contribution in [1.82, 2.24) is 34.8 Å². The fourth-order valence-electron chi connectivity index (χ4n) is 3.13. The van der Waals surface area contributed by atoms with Gasteiger partial charge < -0.3 is 14.4 Å². The standard InChI is InChI=1S/C17H23N7O/c1-11(2)8-15-20-17(25-22-15)12(3)23-6-5-19-16(23)14-9-13-10-18-4-7-24(13)21-14/h5-6,9,11-12,18H,4,7-8,10H2,1-3H3/t12-/m1/s1. The number of rotatable bonds is 5. The number of aromatic nitrogens is 6. The lowest BCUT2D eigenvalue weighted by Crippen LogP contribution is -2.28. The highest BCUT2D eigenvalue weighted by Crippen LogP contribution is 2.25. The van der Waals surface area contributed by atoms with Crippen LogP contribution in [-0.2, 0) is 19.5 Å². The molecule has 132 valence electrons. The maximum atomic E-state index is 5.48. The van der Waals surface area contributed by atoms with Crippen molar-refractivity contribution in [2.75, 3.05) is 6.54 Å². The summed E-state index contributed by atoms with van der Waals surface area (Å²) in [7, 11) is 0. The number of imidazole rings is 1. The molecule has 1 aliphatic rings. The Kier molecular flexibility index (Phi) is 4.12. The van der Waals surface area contributed by atoms with Gasteiger partial charge in [0.25, 0.3) is 0 Å². The third-order valence-corrected chi connectivity index (χ3v) is 4.42. The lowest BCUT2D eigenvalue weighted by Gasteiger charge is -2.13. The molecule has 8 nitrogen and oxygen atoms in total. The monoisotopic (exact) mass is 341 g/mol. The Labute approximate surface area is 146 Å². The van der Waals surface area contributed by atoms with Gasteiger partial charge in [-0.2, -0.15) is 10.1 Å². The number of nitrogens with zero attached hydrogens (tertiary/aromatic N) is 6. The number of nitrogens with one attached hydrogen (secondary N) is 1. The van der Waals surface area contributed by atoms with Crippen LogP contribution >= 0.6 is 0 Å². The Morgan fingerprint density at radius 2 is 2.20 bits per heavy atom. The molecule has 0 unspecified atom stereocenters. The van der Waals surface area contributed by atoms with Gasteiger partial charge in [-0.25, -0.2) is 4.98 Å². The zero-order valence-corrected chi connectivity index (χ0v) is 14.8. The van der Waals surface area contributed by atoms with E-state index in [2.05, 4.69) is 40.4 Å². The van der Waals surface area contributed by atoms with Gasteiger partial charge in [-0.3, -0.25) is 4.68 Å². The highest BCUT2D eigenvalue weighted by Gasteiger charge is 2.22. The average molecular weight is 341 g/mol. The van der Waals surface area contributed by atoms with Crippen molar-refractivity contribution in [2.24, 2.45) is 5.92 Å². The van der Waals surface area contributed by atoms with E-state index < -0.39 is 0 Å². The first-order valence-electron chi connectivity index (χ1n) is 8.75. The van der Waals surface area contributed by atoms with Crippen molar-refractivity contribution in [1.29, 1.82) is 0 Å². The van der Waals surface area contributed by atoms with Crippen LogP contribution in [-0.4, -0.2) is 36.0 Å². The second-order valence-corrected chi connectivity index (χ2v) is 6.90. The zero-order valence-electron chi connectivity index (χ0n) is 14.8. The van der Waals surface area contributed by atoms with Crippen LogP contribution < -0.4 is 5.32 Å². The first-order chi connectivity index (χ1) is 12.1. The second kappa shape index (κ2) is 6.44. The lowest BCUT2D eigenvalue weighted by atomic mass is 10.1. The molecule has 4 heterocycles. The van der Waals surface area contributed by atoms with Crippen molar-refractivity contribution in [3.05, 3.63) is 35.9 Å². The normalized spacial score (nSPS) is 15.5. The molecule has 25 heavy (non-hydrogen) atoms. The van der Waals surface area contributed by atoms with E-state index in [1.54, 1.807) is 6.20 Å². The quantitative estimate of drug-likeness (QED) is 0.764. The molecule has 3 aromatic heterocycles. The molecule has 0 spiro atoms. The predicted octanol–water partition coefficient (Wildman–Crippen LogP) is 2.04. The minimum atomic E-state index is -0.0947. The third-order valence-electron chi connectivity index (χ3n) is 4.42. The molecular weight excluding hydrogens is 318 g/mol. The molecule has 1 atom stereocenters. The van der Waals surface area contributed by atoms with Gasteiger partial charge in [0.15, 0.2) is 11.6 Å². The van der Waals surface area contributed by atoms with Crippen LogP contribution in [0.25, 0.3) is 11.5 Å². The Hall–Kier alpha value is -2.48. The topological polar surface area (TPSA) is 86.6 Å². The first kappa shape index (κ1) is 16.0. The van der Waals surface area contributed by atoms with Crippen molar-refractivity contribution in [3.63, 3.8) is 0 Å². The van der Waals surface area contributed by atoms with E-state index in [0.717, 1.165) is 43.4 Å². The number of hydrogen-bond acceptors (Lipinski definition) is 6. The van der Waals surface area contributed by atoms with E-state index in [1.807, 2.05) is 22.4 Å². The van der Waals surface area contributed by atoms with Crippen molar-refractivity contribution >= 4 is 0 Å². The molecule has 0 saturated heterocycles. The summed E-state index contributed by atoms with van der Waals surface area (Å²) in [5.74, 6) is 2.66. The summed E-state index contributed by atoms with van der Waals surface area (Å²) in [4.78, 5) is 9.05. The first-order valence-corrected chi connectivity index (χ1v) is 8.75. The molecule has 1 aliphatic heterocycles. The maximum Gasteiger partial charge on any atom is 0.249 e. The minimum Gasteiger partial charge on any atom is -0.337 e. The van der Waals surface area contributed by atoms with Gasteiger partial charge in [-0.1, -0.05) is 19.0 Å². The van der Waals surface area contributed by atoms with E-state index in [0.29, 0.717) is 11.8 Å². The van der Waals surface area contributed by atoms with Gasteiger partial charge in [0.2, 0.25) is 5.89 Å². The van der Waals surface area contributed by atoms with Crippen LogP contribution in [0.15, 0.2) is 23.0 Å². The fourth-order valence-corrected chi connectivity index (χ4v) is 3.13. The predicted molar refractivity (Wildman–Crippen MR) is 91.8 cm³/mol.